The molecule has 1 N–H and O–H groups in total. The van der Waals surface area contributed by atoms with Crippen molar-refractivity contribution in [1.82, 2.24) is 10.2 Å². The number of hydrogen-bond donors (Lipinski definition) is 1. The summed E-state index contributed by atoms with van der Waals surface area (Å²) in [6.07, 6.45) is 6.79. The topological polar surface area (TPSA) is 75.7 Å². The second-order valence-electron chi connectivity index (χ2n) is 6.86. The van der Waals surface area contributed by atoms with Gasteiger partial charge in [0.05, 0.1) is 19.2 Å². The fraction of sp³-hybridized carbons (Fsp3) is 0.526. The van der Waals surface area contributed by atoms with Gasteiger partial charge in [-0.15, -0.1) is 0 Å². The first kappa shape index (κ1) is 17.5. The lowest BCUT2D eigenvalue weighted by Crippen LogP contribution is -2.47. The lowest BCUT2D eigenvalue weighted by Gasteiger charge is -2.28. The van der Waals surface area contributed by atoms with Crippen LogP contribution in [-0.2, 0) is 16.1 Å². The molecule has 0 radical (unpaired) electrons. The molecule has 3 amide bonds. The van der Waals surface area contributed by atoms with E-state index in [4.69, 9.17) is 0 Å². The Labute approximate surface area is 147 Å². The van der Waals surface area contributed by atoms with Crippen LogP contribution in [0, 0.1) is 0 Å². The normalized spacial score (nSPS) is 20.1. The van der Waals surface area contributed by atoms with Gasteiger partial charge < -0.3 is 10.1 Å². The predicted molar refractivity (Wildman–Crippen MR) is 91.9 cm³/mol. The first-order chi connectivity index (χ1) is 12.1. The summed E-state index contributed by atoms with van der Waals surface area (Å²) in [4.78, 5) is 38.1. The van der Waals surface area contributed by atoms with Crippen LogP contribution in [-0.4, -0.2) is 35.5 Å². The smallest absolute Gasteiger partial charge is 0.337 e. The van der Waals surface area contributed by atoms with Gasteiger partial charge in [-0.1, -0.05) is 44.2 Å². The Bertz CT molecular complexity index is 661. The highest BCUT2D eigenvalue weighted by molar-refractivity contribution is 6.07. The van der Waals surface area contributed by atoms with Crippen LogP contribution in [0.25, 0.3) is 0 Å². The van der Waals surface area contributed by atoms with Crippen LogP contribution >= 0.6 is 0 Å². The van der Waals surface area contributed by atoms with Gasteiger partial charge in [-0.05, 0) is 30.5 Å². The van der Waals surface area contributed by atoms with E-state index in [9.17, 15) is 14.4 Å². The monoisotopic (exact) mass is 344 g/mol. The average Bonchev–Trinajstić information content (AvgIpc) is 2.83. The summed E-state index contributed by atoms with van der Waals surface area (Å²) < 4.78 is 4.67. The fourth-order valence-electron chi connectivity index (χ4n) is 3.71. The zero-order valence-electron chi connectivity index (χ0n) is 14.5. The third kappa shape index (κ3) is 3.52. The Hall–Kier alpha value is -2.37. The van der Waals surface area contributed by atoms with Crippen LogP contribution in [0.2, 0.25) is 0 Å². The van der Waals surface area contributed by atoms with Gasteiger partial charge >= 0.3 is 12.0 Å². The molecular weight excluding hydrogens is 320 g/mol. The maximum atomic E-state index is 13.0. The highest BCUT2D eigenvalue weighted by Gasteiger charge is 2.50. The summed E-state index contributed by atoms with van der Waals surface area (Å²) in [5.74, 6) is -0.522. The SMILES string of the molecule is COC(=O)c1ccc(CN2C(=O)NC3(CCCCCCC3)C2=O)cc1. The second kappa shape index (κ2) is 7.25. The van der Waals surface area contributed by atoms with Crippen LogP contribution in [0.5, 0.6) is 0 Å². The van der Waals surface area contributed by atoms with E-state index in [1.54, 1.807) is 24.3 Å². The molecule has 25 heavy (non-hydrogen) atoms. The van der Waals surface area contributed by atoms with Crippen molar-refractivity contribution >= 4 is 17.9 Å². The number of ether oxygens (including phenoxy) is 1. The van der Waals surface area contributed by atoms with Crippen molar-refractivity contribution in [1.29, 1.82) is 0 Å². The molecule has 0 bridgehead atoms. The maximum Gasteiger partial charge on any atom is 0.337 e. The van der Waals surface area contributed by atoms with Crippen molar-refractivity contribution in [3.63, 3.8) is 0 Å². The molecule has 6 nitrogen and oxygen atoms in total. The van der Waals surface area contributed by atoms with E-state index >= 15 is 0 Å². The van der Waals surface area contributed by atoms with Crippen molar-refractivity contribution in [3.05, 3.63) is 35.4 Å². The number of methoxy groups -OCH3 is 1. The maximum absolute atomic E-state index is 13.0. The van der Waals surface area contributed by atoms with E-state index in [1.807, 2.05) is 0 Å². The number of hydrogen-bond acceptors (Lipinski definition) is 4. The highest BCUT2D eigenvalue weighted by atomic mass is 16.5. The molecule has 0 aromatic heterocycles. The first-order valence-corrected chi connectivity index (χ1v) is 8.87. The third-order valence-electron chi connectivity index (χ3n) is 5.17. The summed E-state index contributed by atoms with van der Waals surface area (Å²) in [6.45, 7) is 0.216. The minimum atomic E-state index is -0.719. The van der Waals surface area contributed by atoms with Crippen molar-refractivity contribution < 1.29 is 19.1 Å². The number of amides is 3. The lowest BCUT2D eigenvalue weighted by atomic mass is 9.84. The number of benzene rings is 1. The van der Waals surface area contributed by atoms with E-state index in [0.29, 0.717) is 5.56 Å². The Balaban J connectivity index is 1.73. The minimum absolute atomic E-state index is 0.114. The van der Waals surface area contributed by atoms with Gasteiger partial charge in [0.2, 0.25) is 0 Å². The van der Waals surface area contributed by atoms with Crippen molar-refractivity contribution in [2.24, 2.45) is 0 Å². The zero-order valence-corrected chi connectivity index (χ0v) is 14.5. The van der Waals surface area contributed by atoms with Crippen LogP contribution in [0.3, 0.4) is 0 Å². The van der Waals surface area contributed by atoms with Crippen LogP contribution < -0.4 is 5.32 Å². The molecule has 1 aliphatic carbocycles. The average molecular weight is 344 g/mol. The van der Waals surface area contributed by atoms with Gasteiger partial charge in [0.25, 0.3) is 5.91 Å². The number of carbonyl (C=O) groups is 3. The Morgan fingerprint density at radius 1 is 1.08 bits per heavy atom. The summed E-state index contributed by atoms with van der Waals surface area (Å²) in [5, 5.41) is 2.96. The van der Waals surface area contributed by atoms with Crippen molar-refractivity contribution in [2.45, 2.75) is 57.0 Å². The Morgan fingerprint density at radius 2 is 1.68 bits per heavy atom. The molecule has 6 heteroatoms. The summed E-state index contributed by atoms with van der Waals surface area (Å²) in [7, 11) is 1.33. The second-order valence-corrected chi connectivity index (χ2v) is 6.86. The number of esters is 1. The molecule has 1 saturated heterocycles. The van der Waals surface area contributed by atoms with Crippen LogP contribution in [0.4, 0.5) is 4.79 Å². The third-order valence-corrected chi connectivity index (χ3v) is 5.17. The van der Waals surface area contributed by atoms with Gasteiger partial charge in [-0.2, -0.15) is 0 Å². The van der Waals surface area contributed by atoms with Gasteiger partial charge in [0, 0.05) is 0 Å². The molecule has 134 valence electrons. The molecule has 2 fully saturated rings. The molecule has 0 unspecified atom stereocenters. The Morgan fingerprint density at radius 3 is 2.28 bits per heavy atom. The van der Waals surface area contributed by atoms with Gasteiger partial charge in [-0.25, -0.2) is 9.59 Å². The van der Waals surface area contributed by atoms with E-state index in [-0.39, 0.29) is 18.5 Å². The van der Waals surface area contributed by atoms with E-state index < -0.39 is 11.5 Å². The summed E-state index contributed by atoms with van der Waals surface area (Å²) >= 11 is 0. The number of carbonyl (C=O) groups excluding carboxylic acids is 3. The number of urea groups is 1. The quantitative estimate of drug-likeness (QED) is 0.675. The van der Waals surface area contributed by atoms with E-state index in [2.05, 4.69) is 10.1 Å². The first-order valence-electron chi connectivity index (χ1n) is 8.87. The molecular formula is C19H24N2O4. The number of rotatable bonds is 3. The summed E-state index contributed by atoms with van der Waals surface area (Å²) in [6, 6.07) is 6.46. The highest BCUT2D eigenvalue weighted by Crippen LogP contribution is 2.32. The Kier molecular flexibility index (Phi) is 5.06. The molecule has 1 heterocycles. The largest absolute Gasteiger partial charge is 0.465 e. The van der Waals surface area contributed by atoms with Crippen LogP contribution in [0.1, 0.15) is 60.9 Å². The standard InChI is InChI=1S/C19H24N2O4/c1-25-16(22)15-9-7-14(8-10-15)13-21-17(23)19(20-18(21)24)11-5-3-2-4-6-12-19/h7-10H,2-6,11-13H2,1H3,(H,20,24). The van der Waals surface area contributed by atoms with Crippen LogP contribution in [0.15, 0.2) is 24.3 Å². The molecule has 1 aromatic carbocycles. The molecule has 1 aliphatic heterocycles. The fourth-order valence-corrected chi connectivity index (χ4v) is 3.71. The predicted octanol–water partition coefficient (Wildman–Crippen LogP) is 3.01. The summed E-state index contributed by atoms with van der Waals surface area (Å²) in [5.41, 5.74) is 0.530. The van der Waals surface area contributed by atoms with Gasteiger partial charge in [-0.3, -0.25) is 9.69 Å². The molecule has 1 aromatic rings. The molecule has 1 saturated carbocycles. The van der Waals surface area contributed by atoms with Crippen molar-refractivity contribution in [3.8, 4) is 0 Å². The zero-order chi connectivity index (χ0) is 17.9. The minimum Gasteiger partial charge on any atom is -0.465 e. The van der Waals surface area contributed by atoms with E-state index in [1.165, 1.54) is 18.4 Å². The molecule has 3 rings (SSSR count). The molecule has 0 atom stereocenters. The number of imide groups is 1. The van der Waals surface area contributed by atoms with Gasteiger partial charge in [0.1, 0.15) is 5.54 Å². The molecule has 2 aliphatic rings. The number of nitrogens with one attached hydrogen (secondary N) is 1. The molecule has 1 spiro atoms. The van der Waals surface area contributed by atoms with Crippen molar-refractivity contribution in [2.75, 3.05) is 7.11 Å². The van der Waals surface area contributed by atoms with Gasteiger partial charge in [0.15, 0.2) is 0 Å². The lowest BCUT2D eigenvalue weighted by molar-refractivity contribution is -0.132. The number of nitrogens with zero attached hydrogens (tertiary/aromatic N) is 1. The van der Waals surface area contributed by atoms with E-state index in [0.717, 1.165) is 44.1 Å².